The summed E-state index contributed by atoms with van der Waals surface area (Å²) in [4.78, 5) is 11.7. The number of esters is 1. The quantitative estimate of drug-likeness (QED) is 0.475. The predicted molar refractivity (Wildman–Crippen MR) is 86.6 cm³/mol. The molecule has 1 heterocycles. The number of hydrogen-bond acceptors (Lipinski definition) is 4. The Morgan fingerprint density at radius 2 is 1.73 bits per heavy atom. The van der Waals surface area contributed by atoms with Gasteiger partial charge in [0.15, 0.2) is 0 Å². The Bertz CT molecular complexity index is 521. The lowest BCUT2D eigenvalue weighted by atomic mass is 9.90. The fourth-order valence-corrected chi connectivity index (χ4v) is 2.05. The van der Waals surface area contributed by atoms with Crippen molar-refractivity contribution in [2.24, 2.45) is 0 Å². The van der Waals surface area contributed by atoms with E-state index in [0.29, 0.717) is 18.6 Å². The summed E-state index contributed by atoms with van der Waals surface area (Å²) in [6, 6.07) is 8.97. The summed E-state index contributed by atoms with van der Waals surface area (Å²) in [7, 11) is -0.352. The molecule has 0 atom stereocenters. The Balaban J connectivity index is 1.73. The second kappa shape index (κ2) is 6.67. The van der Waals surface area contributed by atoms with Gasteiger partial charge in [0.25, 0.3) is 0 Å². The van der Waals surface area contributed by atoms with Crippen molar-refractivity contribution in [2.45, 2.75) is 45.3 Å². The van der Waals surface area contributed by atoms with Crippen molar-refractivity contribution >= 4 is 13.1 Å². The van der Waals surface area contributed by atoms with Crippen LogP contribution < -0.4 is 0 Å². The van der Waals surface area contributed by atoms with Crippen molar-refractivity contribution in [3.63, 3.8) is 0 Å². The Kier molecular flexibility index (Phi) is 5.09. The highest BCUT2D eigenvalue weighted by atomic mass is 16.7. The number of hydrogen-bond donors (Lipinski definition) is 0. The normalized spacial score (nSPS) is 19.5. The minimum absolute atomic E-state index is 0.301. The van der Waals surface area contributed by atoms with Gasteiger partial charge >= 0.3 is 13.1 Å². The van der Waals surface area contributed by atoms with Crippen molar-refractivity contribution in [3.05, 3.63) is 47.9 Å². The van der Waals surface area contributed by atoms with Crippen molar-refractivity contribution in [1.82, 2.24) is 0 Å². The molecule has 0 aliphatic carbocycles. The van der Waals surface area contributed by atoms with Crippen LogP contribution in [-0.2, 0) is 14.0 Å². The SMILES string of the molecule is CC1(C)OB(/C=C\CCOC(=O)c2ccccc2)OC1(C)C. The van der Waals surface area contributed by atoms with Crippen LogP contribution in [0.1, 0.15) is 44.5 Å². The molecule has 0 amide bonds. The van der Waals surface area contributed by atoms with Crippen LogP contribution in [0.5, 0.6) is 0 Å². The fourth-order valence-electron chi connectivity index (χ4n) is 2.05. The molecule has 1 fully saturated rings. The molecule has 0 spiro atoms. The molecule has 0 aromatic heterocycles. The zero-order valence-electron chi connectivity index (χ0n) is 13.7. The molecule has 118 valence electrons. The standard InChI is InChI=1S/C17H23BO4/c1-16(2)17(3,4)22-18(21-16)12-8-9-13-20-15(19)14-10-6-5-7-11-14/h5-8,10-12H,9,13H2,1-4H3/b12-8-. The molecule has 0 N–H and O–H groups in total. The first-order valence-electron chi connectivity index (χ1n) is 7.56. The summed E-state index contributed by atoms with van der Waals surface area (Å²) in [6.45, 7) is 8.40. The topological polar surface area (TPSA) is 44.8 Å². The van der Waals surface area contributed by atoms with E-state index in [1.165, 1.54) is 0 Å². The summed E-state index contributed by atoms with van der Waals surface area (Å²) in [5.41, 5.74) is -0.0961. The molecular formula is C17H23BO4. The lowest BCUT2D eigenvalue weighted by Gasteiger charge is -2.32. The highest BCUT2D eigenvalue weighted by Crippen LogP contribution is 2.36. The highest BCUT2D eigenvalue weighted by molar-refractivity contribution is 6.51. The van der Waals surface area contributed by atoms with Gasteiger partial charge in [-0.3, -0.25) is 0 Å². The Morgan fingerprint density at radius 3 is 2.32 bits per heavy atom. The number of carbonyl (C=O) groups excluding carboxylic acids is 1. The van der Waals surface area contributed by atoms with Gasteiger partial charge in [-0.1, -0.05) is 30.3 Å². The molecule has 22 heavy (non-hydrogen) atoms. The maximum atomic E-state index is 11.7. The van der Waals surface area contributed by atoms with Crippen LogP contribution in [0.15, 0.2) is 42.4 Å². The summed E-state index contributed by atoms with van der Waals surface area (Å²) in [5, 5.41) is 0. The monoisotopic (exact) mass is 302 g/mol. The van der Waals surface area contributed by atoms with Gasteiger partial charge in [-0.2, -0.15) is 0 Å². The van der Waals surface area contributed by atoms with E-state index in [1.807, 2.05) is 57.9 Å². The minimum Gasteiger partial charge on any atom is -0.462 e. The summed E-state index contributed by atoms with van der Waals surface area (Å²) in [6.07, 6.45) is 2.54. The Hall–Kier alpha value is -1.59. The van der Waals surface area contributed by atoms with Crippen LogP contribution in [0, 0.1) is 0 Å². The van der Waals surface area contributed by atoms with Gasteiger partial charge in [0.2, 0.25) is 0 Å². The Labute approximate surface area is 132 Å². The zero-order valence-corrected chi connectivity index (χ0v) is 13.7. The molecule has 0 saturated carbocycles. The first-order valence-corrected chi connectivity index (χ1v) is 7.56. The minimum atomic E-state index is -0.352. The summed E-state index contributed by atoms with van der Waals surface area (Å²) in [5.74, 6) is 1.57. The lowest BCUT2D eigenvalue weighted by molar-refractivity contribution is 0.00578. The van der Waals surface area contributed by atoms with Gasteiger partial charge < -0.3 is 14.0 Å². The maximum Gasteiger partial charge on any atom is 0.486 e. The number of benzene rings is 1. The number of rotatable bonds is 5. The maximum absolute atomic E-state index is 11.7. The van der Waals surface area contributed by atoms with Crippen molar-refractivity contribution in [1.29, 1.82) is 0 Å². The van der Waals surface area contributed by atoms with E-state index in [1.54, 1.807) is 12.1 Å². The average Bonchev–Trinajstić information content (AvgIpc) is 2.67. The fraction of sp³-hybridized carbons (Fsp3) is 0.471. The summed E-state index contributed by atoms with van der Waals surface area (Å²) < 4.78 is 16.9. The van der Waals surface area contributed by atoms with Crippen LogP contribution in [0.2, 0.25) is 0 Å². The number of ether oxygens (including phenoxy) is 1. The molecular weight excluding hydrogens is 279 g/mol. The smallest absolute Gasteiger partial charge is 0.462 e. The molecule has 1 saturated heterocycles. The molecule has 0 radical (unpaired) electrons. The second-order valence-corrected chi connectivity index (χ2v) is 6.34. The number of carbonyl (C=O) groups is 1. The van der Waals surface area contributed by atoms with Crippen molar-refractivity contribution in [3.8, 4) is 0 Å². The van der Waals surface area contributed by atoms with Gasteiger partial charge in [0.1, 0.15) is 0 Å². The van der Waals surface area contributed by atoms with E-state index in [2.05, 4.69) is 0 Å². The molecule has 2 rings (SSSR count). The summed E-state index contributed by atoms with van der Waals surface area (Å²) >= 11 is 0. The largest absolute Gasteiger partial charge is 0.486 e. The molecule has 0 unspecified atom stereocenters. The van der Waals surface area contributed by atoms with E-state index in [-0.39, 0.29) is 24.3 Å². The third-order valence-electron chi connectivity index (χ3n) is 4.09. The molecule has 1 aromatic carbocycles. The molecule has 0 bridgehead atoms. The Morgan fingerprint density at radius 1 is 1.14 bits per heavy atom. The van der Waals surface area contributed by atoms with E-state index in [0.717, 1.165) is 0 Å². The van der Waals surface area contributed by atoms with Crippen LogP contribution in [-0.4, -0.2) is 30.9 Å². The van der Waals surface area contributed by atoms with E-state index < -0.39 is 0 Å². The molecule has 1 aromatic rings. The third kappa shape index (κ3) is 3.99. The first-order chi connectivity index (χ1) is 10.3. The zero-order chi connectivity index (χ0) is 16.2. The van der Waals surface area contributed by atoms with Crippen LogP contribution in [0.3, 0.4) is 0 Å². The van der Waals surface area contributed by atoms with Crippen LogP contribution in [0.4, 0.5) is 0 Å². The van der Waals surface area contributed by atoms with Gasteiger partial charge in [0.05, 0.1) is 23.4 Å². The average molecular weight is 302 g/mol. The van der Waals surface area contributed by atoms with Gasteiger partial charge in [-0.15, -0.1) is 0 Å². The van der Waals surface area contributed by atoms with Crippen LogP contribution in [0.25, 0.3) is 0 Å². The van der Waals surface area contributed by atoms with Crippen molar-refractivity contribution in [2.75, 3.05) is 6.61 Å². The van der Waals surface area contributed by atoms with Gasteiger partial charge in [0, 0.05) is 0 Å². The highest BCUT2D eigenvalue weighted by Gasteiger charge is 2.49. The molecule has 5 heteroatoms. The predicted octanol–water partition coefficient (Wildman–Crippen LogP) is 3.42. The van der Waals surface area contributed by atoms with Gasteiger partial charge in [-0.25, -0.2) is 4.79 Å². The first kappa shape index (κ1) is 16.8. The third-order valence-corrected chi connectivity index (χ3v) is 4.09. The molecule has 4 nitrogen and oxygen atoms in total. The van der Waals surface area contributed by atoms with E-state index in [9.17, 15) is 4.79 Å². The molecule has 1 aliphatic rings. The van der Waals surface area contributed by atoms with E-state index in [4.69, 9.17) is 14.0 Å². The van der Waals surface area contributed by atoms with Crippen molar-refractivity contribution < 1.29 is 18.8 Å². The lowest BCUT2D eigenvalue weighted by Crippen LogP contribution is -2.41. The van der Waals surface area contributed by atoms with Gasteiger partial charge in [-0.05, 0) is 46.2 Å². The van der Waals surface area contributed by atoms with E-state index >= 15 is 0 Å². The molecule has 1 aliphatic heterocycles. The second-order valence-electron chi connectivity index (χ2n) is 6.34. The van der Waals surface area contributed by atoms with Crippen LogP contribution >= 0.6 is 0 Å².